The van der Waals surface area contributed by atoms with Crippen LogP contribution < -0.4 is 10.0 Å². The summed E-state index contributed by atoms with van der Waals surface area (Å²) in [5.41, 5.74) is 1.74. The minimum atomic E-state index is -3.90. The molecule has 0 aliphatic heterocycles. The van der Waals surface area contributed by atoms with E-state index in [-0.39, 0.29) is 21.8 Å². The highest BCUT2D eigenvalue weighted by Gasteiger charge is 2.22. The van der Waals surface area contributed by atoms with Crippen LogP contribution in [0.15, 0.2) is 58.5 Å². The molecule has 35 heavy (non-hydrogen) atoms. The summed E-state index contributed by atoms with van der Waals surface area (Å²) < 4.78 is 27.5. The molecule has 9 nitrogen and oxygen atoms in total. The fourth-order valence-electron chi connectivity index (χ4n) is 3.01. The summed E-state index contributed by atoms with van der Waals surface area (Å²) in [5.74, 6) is -0.239. The Morgan fingerprint density at radius 2 is 1.86 bits per heavy atom. The molecule has 3 rings (SSSR count). The van der Waals surface area contributed by atoms with Crippen LogP contribution in [-0.2, 0) is 21.2 Å². The van der Waals surface area contributed by atoms with Crippen LogP contribution in [-0.4, -0.2) is 34.8 Å². The number of nitrogens with one attached hydrogen (secondary N) is 2. The van der Waals surface area contributed by atoms with Crippen molar-refractivity contribution in [2.75, 3.05) is 10.0 Å². The van der Waals surface area contributed by atoms with Crippen LogP contribution in [0.5, 0.6) is 0 Å². The molecule has 3 aromatic rings. The number of nitrogens with zero attached hydrogens (tertiary/aromatic N) is 4. The lowest BCUT2D eigenvalue weighted by atomic mass is 10.2. The maximum Gasteiger partial charge on any atom is 0.263 e. The maximum atomic E-state index is 12.9. The maximum absolute atomic E-state index is 12.9. The molecule has 0 saturated heterocycles. The van der Waals surface area contributed by atoms with E-state index >= 15 is 0 Å². The zero-order valence-electron chi connectivity index (χ0n) is 19.0. The fraction of sp³-hybridized carbons (Fsp3) is 0.261. The first-order chi connectivity index (χ1) is 16.7. The van der Waals surface area contributed by atoms with E-state index < -0.39 is 15.3 Å². The average Bonchev–Trinajstić information content (AvgIpc) is 2.84. The monoisotopic (exact) mass is 530 g/mol. The second kappa shape index (κ2) is 12.0. The van der Waals surface area contributed by atoms with Gasteiger partial charge in [-0.2, -0.15) is 5.26 Å². The number of hydrogen-bond donors (Lipinski definition) is 2. The molecule has 0 saturated carbocycles. The lowest BCUT2D eigenvalue weighted by Gasteiger charge is -2.16. The minimum absolute atomic E-state index is 0.00994. The largest absolute Gasteiger partial charge is 0.325 e. The Labute approximate surface area is 213 Å². The van der Waals surface area contributed by atoms with E-state index in [1.807, 2.05) is 19.9 Å². The first-order valence-electron chi connectivity index (χ1n) is 10.7. The number of aromatic nitrogens is 3. The molecule has 0 radical (unpaired) electrons. The minimum Gasteiger partial charge on any atom is -0.325 e. The number of hydrogen-bond acceptors (Lipinski definition) is 8. The van der Waals surface area contributed by atoms with Gasteiger partial charge in [0.2, 0.25) is 5.91 Å². The van der Waals surface area contributed by atoms with Crippen molar-refractivity contribution < 1.29 is 13.2 Å². The molecule has 0 aliphatic carbocycles. The number of thioether (sulfide) groups is 1. The van der Waals surface area contributed by atoms with Crippen molar-refractivity contribution in [1.82, 2.24) is 15.2 Å². The van der Waals surface area contributed by atoms with Gasteiger partial charge in [0.15, 0.2) is 11.0 Å². The number of aryl methyl sites for hydroxylation is 1. The van der Waals surface area contributed by atoms with Crippen LogP contribution in [0.25, 0.3) is 0 Å². The van der Waals surface area contributed by atoms with E-state index in [1.54, 1.807) is 6.07 Å². The van der Waals surface area contributed by atoms with Crippen molar-refractivity contribution in [2.24, 2.45) is 0 Å². The van der Waals surface area contributed by atoms with E-state index in [0.29, 0.717) is 22.7 Å². The van der Waals surface area contributed by atoms with E-state index in [1.165, 1.54) is 48.2 Å². The summed E-state index contributed by atoms with van der Waals surface area (Å²) in [7, 11) is -3.90. The van der Waals surface area contributed by atoms with Crippen LogP contribution in [0, 0.1) is 11.3 Å². The molecular formula is C23H23ClN6O3S2. The number of anilines is 2. The van der Waals surface area contributed by atoms with E-state index in [9.17, 15) is 18.5 Å². The predicted octanol–water partition coefficient (Wildman–Crippen LogP) is 4.66. The van der Waals surface area contributed by atoms with Gasteiger partial charge in [-0.1, -0.05) is 43.6 Å². The van der Waals surface area contributed by atoms with Crippen LogP contribution in [0.4, 0.5) is 11.5 Å². The molecule has 182 valence electrons. The Bertz CT molecular complexity index is 1330. The van der Waals surface area contributed by atoms with Crippen molar-refractivity contribution in [2.45, 2.75) is 48.3 Å². The molecule has 1 amide bonds. The number of benzene rings is 1. The van der Waals surface area contributed by atoms with Gasteiger partial charge >= 0.3 is 0 Å². The van der Waals surface area contributed by atoms with Gasteiger partial charge < -0.3 is 5.32 Å². The van der Waals surface area contributed by atoms with Gasteiger partial charge in [0, 0.05) is 11.4 Å². The first-order valence-corrected chi connectivity index (χ1v) is 13.5. The molecule has 0 aliphatic rings. The summed E-state index contributed by atoms with van der Waals surface area (Å²) in [6.45, 7) is 3.92. The van der Waals surface area contributed by atoms with E-state index in [0.717, 1.165) is 18.5 Å². The molecule has 2 heterocycles. The smallest absolute Gasteiger partial charge is 0.263 e. The van der Waals surface area contributed by atoms with Crippen molar-refractivity contribution >= 4 is 50.8 Å². The zero-order valence-corrected chi connectivity index (χ0v) is 21.4. The van der Waals surface area contributed by atoms with Gasteiger partial charge in [-0.05, 0) is 61.4 Å². The summed E-state index contributed by atoms with van der Waals surface area (Å²) in [5, 5.41) is 19.7. The number of halogens is 1. The van der Waals surface area contributed by atoms with Gasteiger partial charge in [0.1, 0.15) is 11.1 Å². The van der Waals surface area contributed by atoms with Crippen molar-refractivity contribution in [3.05, 3.63) is 64.9 Å². The Morgan fingerprint density at radius 3 is 2.46 bits per heavy atom. The highest BCUT2D eigenvalue weighted by molar-refractivity contribution is 8.00. The highest BCUT2D eigenvalue weighted by Crippen LogP contribution is 2.28. The van der Waals surface area contributed by atoms with Crippen molar-refractivity contribution in [1.29, 1.82) is 5.26 Å². The van der Waals surface area contributed by atoms with Crippen molar-refractivity contribution in [3.63, 3.8) is 0 Å². The third kappa shape index (κ3) is 7.14. The second-order valence-electron chi connectivity index (χ2n) is 7.39. The van der Waals surface area contributed by atoms with Crippen LogP contribution in [0.2, 0.25) is 5.15 Å². The Morgan fingerprint density at radius 1 is 1.11 bits per heavy atom. The highest BCUT2D eigenvalue weighted by atomic mass is 35.5. The standard InChI is InChI=1S/C23H23ClN6O3S2/c1-3-5-16-7-6-15(14-25)23(27-16)34-19(4-2)22(31)26-17-8-10-18(11-9-17)35(32,33)30-21-13-12-20(24)28-29-21/h6-13,19H,3-5H2,1-2H3,(H,26,31)(H,29,30). The Kier molecular flexibility index (Phi) is 9.03. The molecule has 2 N–H and O–H groups in total. The average molecular weight is 531 g/mol. The SMILES string of the molecule is CCCc1ccc(C#N)c(SC(CC)C(=O)Nc2ccc(S(=O)(=O)Nc3ccc(Cl)nn3)cc2)n1. The van der Waals surface area contributed by atoms with Crippen LogP contribution >= 0.6 is 23.4 Å². The number of nitriles is 1. The van der Waals surface area contributed by atoms with Crippen LogP contribution in [0.3, 0.4) is 0 Å². The summed E-state index contributed by atoms with van der Waals surface area (Å²) in [4.78, 5) is 17.5. The summed E-state index contributed by atoms with van der Waals surface area (Å²) >= 11 is 6.91. The fourth-order valence-corrected chi connectivity index (χ4v) is 5.12. The number of sulfonamides is 1. The second-order valence-corrected chi connectivity index (χ2v) is 10.7. The summed E-state index contributed by atoms with van der Waals surface area (Å²) in [6.07, 6.45) is 2.23. The zero-order chi connectivity index (χ0) is 25.4. The van der Waals surface area contributed by atoms with Crippen molar-refractivity contribution in [3.8, 4) is 6.07 Å². The number of rotatable bonds is 10. The van der Waals surface area contributed by atoms with Gasteiger partial charge in [0.25, 0.3) is 10.0 Å². The Balaban J connectivity index is 1.69. The number of carbonyl (C=O) groups excluding carboxylic acids is 1. The number of pyridine rings is 1. The third-order valence-corrected chi connectivity index (χ3v) is 7.70. The quantitative estimate of drug-likeness (QED) is 0.361. The molecule has 12 heteroatoms. The normalized spacial score (nSPS) is 11.9. The molecular weight excluding hydrogens is 508 g/mol. The molecule has 0 bridgehead atoms. The third-order valence-electron chi connectivity index (χ3n) is 4.76. The number of amides is 1. The lowest BCUT2D eigenvalue weighted by Crippen LogP contribution is -2.25. The topological polar surface area (TPSA) is 138 Å². The van der Waals surface area contributed by atoms with E-state index in [4.69, 9.17) is 11.6 Å². The number of carbonyl (C=O) groups is 1. The molecule has 0 fully saturated rings. The summed E-state index contributed by atoms with van der Waals surface area (Å²) in [6, 6.07) is 14.3. The van der Waals surface area contributed by atoms with Gasteiger partial charge in [-0.25, -0.2) is 13.4 Å². The lowest BCUT2D eigenvalue weighted by molar-refractivity contribution is -0.115. The predicted molar refractivity (Wildman–Crippen MR) is 136 cm³/mol. The molecule has 1 atom stereocenters. The van der Waals surface area contributed by atoms with E-state index in [2.05, 4.69) is 31.3 Å². The molecule has 1 aromatic carbocycles. The molecule has 0 spiro atoms. The first kappa shape index (κ1) is 26.4. The molecule has 2 aromatic heterocycles. The molecule has 1 unspecified atom stereocenters. The van der Waals surface area contributed by atoms with Crippen LogP contribution in [0.1, 0.15) is 37.9 Å². The van der Waals surface area contributed by atoms with Gasteiger partial charge in [0.05, 0.1) is 15.7 Å². The van der Waals surface area contributed by atoms with Gasteiger partial charge in [-0.3, -0.25) is 9.52 Å². The Hall–Kier alpha value is -3.20. The van der Waals surface area contributed by atoms with Gasteiger partial charge in [-0.15, -0.1) is 10.2 Å².